The van der Waals surface area contributed by atoms with Crippen molar-refractivity contribution in [2.75, 3.05) is 6.61 Å². The summed E-state index contributed by atoms with van der Waals surface area (Å²) in [6.07, 6.45) is 1.35. The minimum absolute atomic E-state index is 0.284. The van der Waals surface area contributed by atoms with Gasteiger partial charge in [-0.2, -0.15) is 0 Å². The summed E-state index contributed by atoms with van der Waals surface area (Å²) in [4.78, 5) is 0. The molecule has 1 N–H and O–H groups in total. The van der Waals surface area contributed by atoms with Crippen molar-refractivity contribution in [1.82, 2.24) is 9.88 Å². The molecule has 3 nitrogen and oxygen atoms in total. The van der Waals surface area contributed by atoms with Crippen LogP contribution in [-0.4, -0.2) is 23.3 Å². The normalized spacial score (nSPS) is 25.2. The molecular weight excluding hydrogens is 247 g/mol. The fourth-order valence-corrected chi connectivity index (χ4v) is 2.41. The Morgan fingerprint density at radius 2 is 2.31 bits per heavy atom. The molecule has 0 aliphatic carbocycles. The SMILES string of the molecule is CC1OCCC1NCc1cc(Cl)c(Cl)n1C. The highest BCUT2D eigenvalue weighted by Gasteiger charge is 2.23. The number of ether oxygens (including phenoxy) is 1. The second-order valence-electron chi connectivity index (χ2n) is 4.19. The van der Waals surface area contributed by atoms with E-state index < -0.39 is 0 Å². The van der Waals surface area contributed by atoms with Gasteiger partial charge < -0.3 is 14.6 Å². The lowest BCUT2D eigenvalue weighted by Gasteiger charge is -2.16. The number of rotatable bonds is 3. The van der Waals surface area contributed by atoms with Gasteiger partial charge in [0.05, 0.1) is 11.1 Å². The molecule has 1 aromatic rings. The first-order valence-electron chi connectivity index (χ1n) is 5.44. The fourth-order valence-electron chi connectivity index (χ4n) is 1.99. The van der Waals surface area contributed by atoms with Crippen LogP contribution in [0.25, 0.3) is 0 Å². The standard InChI is InChI=1S/C11H16Cl2N2O/c1-7-10(3-4-16-7)14-6-8-5-9(12)11(13)15(8)2/h5,7,10,14H,3-4,6H2,1-2H3. The van der Waals surface area contributed by atoms with Crippen LogP contribution in [-0.2, 0) is 18.3 Å². The van der Waals surface area contributed by atoms with Gasteiger partial charge in [0.1, 0.15) is 5.15 Å². The van der Waals surface area contributed by atoms with Gasteiger partial charge in [-0.3, -0.25) is 0 Å². The van der Waals surface area contributed by atoms with E-state index in [-0.39, 0.29) is 6.10 Å². The third-order valence-electron chi connectivity index (χ3n) is 3.14. The Morgan fingerprint density at radius 1 is 1.56 bits per heavy atom. The second kappa shape index (κ2) is 4.96. The molecule has 90 valence electrons. The van der Waals surface area contributed by atoms with Gasteiger partial charge in [0.15, 0.2) is 0 Å². The summed E-state index contributed by atoms with van der Waals surface area (Å²) in [5.74, 6) is 0. The van der Waals surface area contributed by atoms with Gasteiger partial charge in [0.25, 0.3) is 0 Å². The minimum atomic E-state index is 0.284. The first-order chi connectivity index (χ1) is 7.59. The van der Waals surface area contributed by atoms with Gasteiger partial charge in [-0.25, -0.2) is 0 Å². The van der Waals surface area contributed by atoms with Gasteiger partial charge in [-0.1, -0.05) is 23.2 Å². The van der Waals surface area contributed by atoms with Gasteiger partial charge >= 0.3 is 0 Å². The topological polar surface area (TPSA) is 26.2 Å². The van der Waals surface area contributed by atoms with Crippen LogP contribution in [0.4, 0.5) is 0 Å². The summed E-state index contributed by atoms with van der Waals surface area (Å²) in [6.45, 7) is 3.70. The number of aromatic nitrogens is 1. The number of hydrogen-bond acceptors (Lipinski definition) is 2. The predicted molar refractivity (Wildman–Crippen MR) is 66.1 cm³/mol. The van der Waals surface area contributed by atoms with E-state index in [1.807, 2.05) is 17.7 Å². The van der Waals surface area contributed by atoms with Crippen molar-refractivity contribution in [3.8, 4) is 0 Å². The lowest BCUT2D eigenvalue weighted by molar-refractivity contribution is 0.113. The van der Waals surface area contributed by atoms with Crippen LogP contribution < -0.4 is 5.32 Å². The molecule has 2 atom stereocenters. The number of halogens is 2. The van der Waals surface area contributed by atoms with Crippen LogP contribution in [0.3, 0.4) is 0 Å². The van der Waals surface area contributed by atoms with E-state index >= 15 is 0 Å². The maximum atomic E-state index is 6.00. The Kier molecular flexibility index (Phi) is 3.80. The average Bonchev–Trinajstić information content (AvgIpc) is 2.76. The first-order valence-corrected chi connectivity index (χ1v) is 6.19. The Hall–Kier alpha value is -0.220. The monoisotopic (exact) mass is 262 g/mol. The van der Waals surface area contributed by atoms with E-state index in [9.17, 15) is 0 Å². The molecule has 1 aliphatic rings. The third-order valence-corrected chi connectivity index (χ3v) is 3.98. The van der Waals surface area contributed by atoms with Crippen LogP contribution >= 0.6 is 23.2 Å². The van der Waals surface area contributed by atoms with Crippen LogP contribution in [0.5, 0.6) is 0 Å². The second-order valence-corrected chi connectivity index (χ2v) is 4.95. The van der Waals surface area contributed by atoms with Gasteiger partial charge in [-0.05, 0) is 19.4 Å². The molecule has 2 rings (SSSR count). The highest BCUT2D eigenvalue weighted by molar-refractivity contribution is 6.41. The molecule has 0 amide bonds. The molecule has 2 heterocycles. The molecule has 16 heavy (non-hydrogen) atoms. The largest absolute Gasteiger partial charge is 0.377 e. The molecule has 1 fully saturated rings. The van der Waals surface area contributed by atoms with E-state index in [4.69, 9.17) is 27.9 Å². The predicted octanol–water partition coefficient (Wildman–Crippen LogP) is 2.60. The van der Waals surface area contributed by atoms with E-state index in [0.29, 0.717) is 16.2 Å². The van der Waals surface area contributed by atoms with E-state index in [0.717, 1.165) is 25.3 Å². The molecule has 1 saturated heterocycles. The maximum Gasteiger partial charge on any atom is 0.127 e. The summed E-state index contributed by atoms with van der Waals surface area (Å²) in [5.41, 5.74) is 1.09. The molecule has 0 radical (unpaired) electrons. The van der Waals surface area contributed by atoms with Crippen LogP contribution in [0.2, 0.25) is 10.2 Å². The Morgan fingerprint density at radius 3 is 2.81 bits per heavy atom. The minimum Gasteiger partial charge on any atom is -0.377 e. The van der Waals surface area contributed by atoms with Crippen molar-refractivity contribution in [2.45, 2.75) is 32.0 Å². The Balaban J connectivity index is 1.96. The van der Waals surface area contributed by atoms with Crippen molar-refractivity contribution in [3.05, 3.63) is 21.9 Å². The van der Waals surface area contributed by atoms with E-state index in [1.165, 1.54) is 0 Å². The van der Waals surface area contributed by atoms with Crippen molar-refractivity contribution >= 4 is 23.2 Å². The maximum absolute atomic E-state index is 6.00. The molecule has 1 aromatic heterocycles. The van der Waals surface area contributed by atoms with Gasteiger partial charge in [-0.15, -0.1) is 0 Å². The number of nitrogens with zero attached hydrogens (tertiary/aromatic N) is 1. The molecule has 0 bridgehead atoms. The zero-order valence-corrected chi connectivity index (χ0v) is 11.0. The average molecular weight is 263 g/mol. The summed E-state index contributed by atoms with van der Waals surface area (Å²) in [5, 5.41) is 4.67. The van der Waals surface area contributed by atoms with Crippen LogP contribution in [0, 0.1) is 0 Å². The quantitative estimate of drug-likeness (QED) is 0.907. The Labute approximate surface area is 106 Å². The summed E-state index contributed by atoms with van der Waals surface area (Å²) < 4.78 is 7.39. The zero-order valence-electron chi connectivity index (χ0n) is 9.46. The molecule has 5 heteroatoms. The number of nitrogens with one attached hydrogen (secondary N) is 1. The summed E-state index contributed by atoms with van der Waals surface area (Å²) >= 11 is 12.0. The summed E-state index contributed by atoms with van der Waals surface area (Å²) in [7, 11) is 1.92. The highest BCUT2D eigenvalue weighted by Crippen LogP contribution is 2.25. The van der Waals surface area contributed by atoms with Crippen molar-refractivity contribution in [2.24, 2.45) is 7.05 Å². The molecule has 0 spiro atoms. The van der Waals surface area contributed by atoms with E-state index in [1.54, 1.807) is 0 Å². The molecule has 0 saturated carbocycles. The van der Waals surface area contributed by atoms with Gasteiger partial charge in [0.2, 0.25) is 0 Å². The first kappa shape index (κ1) is 12.2. The highest BCUT2D eigenvalue weighted by atomic mass is 35.5. The smallest absolute Gasteiger partial charge is 0.127 e. The molecule has 2 unspecified atom stereocenters. The molecule has 0 aromatic carbocycles. The van der Waals surface area contributed by atoms with Crippen molar-refractivity contribution < 1.29 is 4.74 Å². The van der Waals surface area contributed by atoms with Crippen molar-refractivity contribution in [1.29, 1.82) is 0 Å². The van der Waals surface area contributed by atoms with Crippen LogP contribution in [0.1, 0.15) is 19.0 Å². The molecule has 1 aliphatic heterocycles. The lowest BCUT2D eigenvalue weighted by atomic mass is 10.1. The number of hydrogen-bond donors (Lipinski definition) is 1. The summed E-state index contributed by atoms with van der Waals surface area (Å²) in [6, 6.07) is 2.32. The Bertz CT molecular complexity index is 378. The molecular formula is C11H16Cl2N2O. The lowest BCUT2D eigenvalue weighted by Crippen LogP contribution is -2.34. The van der Waals surface area contributed by atoms with E-state index in [2.05, 4.69) is 12.2 Å². The van der Waals surface area contributed by atoms with Crippen LogP contribution in [0.15, 0.2) is 6.07 Å². The fraction of sp³-hybridized carbons (Fsp3) is 0.636. The van der Waals surface area contributed by atoms with Gasteiger partial charge in [0, 0.05) is 31.9 Å². The zero-order chi connectivity index (χ0) is 11.7. The van der Waals surface area contributed by atoms with Crippen molar-refractivity contribution in [3.63, 3.8) is 0 Å². The third kappa shape index (κ3) is 2.38.